The van der Waals surface area contributed by atoms with E-state index in [-0.39, 0.29) is 18.5 Å². The predicted octanol–water partition coefficient (Wildman–Crippen LogP) is 3.72. The first kappa shape index (κ1) is 19.5. The van der Waals surface area contributed by atoms with Crippen LogP contribution in [0.5, 0.6) is 0 Å². The summed E-state index contributed by atoms with van der Waals surface area (Å²) in [6.45, 7) is 3.34. The maximum atomic E-state index is 12.6. The fourth-order valence-electron chi connectivity index (χ4n) is 2.25. The van der Waals surface area contributed by atoms with Crippen LogP contribution >= 0.6 is 11.3 Å². The Morgan fingerprint density at radius 2 is 1.81 bits per heavy atom. The van der Waals surface area contributed by atoms with Gasteiger partial charge in [0.15, 0.2) is 0 Å². The summed E-state index contributed by atoms with van der Waals surface area (Å²) in [5.74, 6) is -1.42. The Kier molecular flexibility index (Phi) is 6.74. The van der Waals surface area contributed by atoms with Crippen LogP contribution in [0.15, 0.2) is 42.5 Å². The van der Waals surface area contributed by atoms with Crippen molar-refractivity contribution in [2.24, 2.45) is 0 Å². The third-order valence-electron chi connectivity index (χ3n) is 3.77. The van der Waals surface area contributed by atoms with Crippen molar-refractivity contribution in [3.8, 4) is 0 Å². The first-order chi connectivity index (χ1) is 12.4. The molecular weight excluding hydrogens is 354 g/mol. The van der Waals surface area contributed by atoms with Crippen LogP contribution in [0.1, 0.15) is 29.9 Å². The number of para-hydroxylation sites is 1. The molecule has 2 aromatic rings. The lowest BCUT2D eigenvalue weighted by Crippen LogP contribution is -2.41. The van der Waals surface area contributed by atoms with Gasteiger partial charge in [0, 0.05) is 11.7 Å². The molecule has 0 aliphatic heterocycles. The zero-order chi connectivity index (χ0) is 19.1. The van der Waals surface area contributed by atoms with E-state index in [9.17, 15) is 14.4 Å². The maximum absolute atomic E-state index is 12.6. The lowest BCUT2D eigenvalue weighted by molar-refractivity contribution is -0.138. The van der Waals surface area contributed by atoms with E-state index in [0.717, 1.165) is 11.3 Å². The largest absolute Gasteiger partial charge is 0.480 e. The van der Waals surface area contributed by atoms with Gasteiger partial charge >= 0.3 is 12.0 Å². The molecule has 26 heavy (non-hydrogen) atoms. The van der Waals surface area contributed by atoms with E-state index >= 15 is 0 Å². The maximum Gasteiger partial charge on any atom is 0.324 e. The number of carbonyl (C=O) groups is 3. The van der Waals surface area contributed by atoms with Crippen molar-refractivity contribution < 1.29 is 19.5 Å². The highest BCUT2D eigenvalue weighted by Gasteiger charge is 2.24. The number of carbonyl (C=O) groups excluding carboxylic acids is 2. The average Bonchev–Trinajstić information content (AvgIpc) is 3.07. The number of urea groups is 1. The Bertz CT molecular complexity index is 776. The van der Waals surface area contributed by atoms with Gasteiger partial charge in [-0.2, -0.15) is 0 Å². The fourth-order valence-corrected chi connectivity index (χ4v) is 3.11. The van der Waals surface area contributed by atoms with E-state index in [4.69, 9.17) is 5.11 Å². The summed E-state index contributed by atoms with van der Waals surface area (Å²) in [4.78, 5) is 37.4. The minimum absolute atomic E-state index is 0.196. The molecule has 0 aliphatic rings. The Morgan fingerprint density at radius 1 is 1.12 bits per heavy atom. The van der Waals surface area contributed by atoms with Crippen LogP contribution in [0.2, 0.25) is 0 Å². The second kappa shape index (κ2) is 9.00. The molecular formula is C18H21N3O4S. The van der Waals surface area contributed by atoms with Gasteiger partial charge in [0.05, 0.1) is 9.88 Å². The molecule has 0 saturated heterocycles. The van der Waals surface area contributed by atoms with Gasteiger partial charge in [0.2, 0.25) is 0 Å². The third kappa shape index (κ3) is 5.32. The van der Waals surface area contributed by atoms with E-state index < -0.39 is 12.0 Å². The third-order valence-corrected chi connectivity index (χ3v) is 4.76. The summed E-state index contributed by atoms with van der Waals surface area (Å²) in [5.41, 5.74) is 0.655. The van der Waals surface area contributed by atoms with Crippen LogP contribution < -0.4 is 10.6 Å². The van der Waals surface area contributed by atoms with Gasteiger partial charge in [0.1, 0.15) is 6.54 Å². The number of thiophene rings is 1. The zero-order valence-corrected chi connectivity index (χ0v) is 15.4. The van der Waals surface area contributed by atoms with Crippen molar-refractivity contribution in [3.63, 3.8) is 0 Å². The van der Waals surface area contributed by atoms with Crippen molar-refractivity contribution in [3.05, 3.63) is 47.3 Å². The molecule has 8 heteroatoms. The summed E-state index contributed by atoms with van der Waals surface area (Å²) >= 11 is 1.11. The van der Waals surface area contributed by atoms with E-state index in [2.05, 4.69) is 10.6 Å². The Balaban J connectivity index is 2.04. The van der Waals surface area contributed by atoms with Crippen LogP contribution in [-0.4, -0.2) is 40.5 Å². The van der Waals surface area contributed by atoms with Crippen molar-refractivity contribution >= 4 is 39.9 Å². The highest BCUT2D eigenvalue weighted by molar-refractivity contribution is 7.18. The first-order valence-electron chi connectivity index (χ1n) is 8.16. The van der Waals surface area contributed by atoms with Gasteiger partial charge < -0.3 is 15.3 Å². The summed E-state index contributed by atoms with van der Waals surface area (Å²) in [6, 6.07) is 11.6. The first-order valence-corrected chi connectivity index (χ1v) is 8.98. The van der Waals surface area contributed by atoms with E-state index in [1.165, 1.54) is 4.90 Å². The quantitative estimate of drug-likeness (QED) is 0.687. The highest BCUT2D eigenvalue weighted by atomic mass is 32.1. The van der Waals surface area contributed by atoms with Crippen LogP contribution in [0.4, 0.5) is 15.5 Å². The summed E-state index contributed by atoms with van der Waals surface area (Å²) in [7, 11) is 0. The van der Waals surface area contributed by atoms with Gasteiger partial charge in [-0.1, -0.05) is 25.1 Å². The molecule has 0 saturated carbocycles. The smallest absolute Gasteiger partial charge is 0.324 e. The monoisotopic (exact) mass is 375 g/mol. The predicted molar refractivity (Wildman–Crippen MR) is 102 cm³/mol. The molecule has 0 fully saturated rings. The molecule has 2 rings (SSSR count). The number of carboxylic acid groups (broad SMARTS) is 1. The molecule has 0 radical (unpaired) electrons. The zero-order valence-electron chi connectivity index (χ0n) is 14.6. The van der Waals surface area contributed by atoms with Crippen LogP contribution in [0.25, 0.3) is 0 Å². The second-order valence-corrected chi connectivity index (χ2v) is 6.78. The molecule has 1 unspecified atom stereocenters. The Hall–Kier alpha value is -2.87. The number of amides is 3. The van der Waals surface area contributed by atoms with Gasteiger partial charge in [-0.3, -0.25) is 14.9 Å². The van der Waals surface area contributed by atoms with Gasteiger partial charge in [-0.25, -0.2) is 4.79 Å². The van der Waals surface area contributed by atoms with Crippen molar-refractivity contribution in [1.82, 2.24) is 4.90 Å². The number of hydrogen-bond donors (Lipinski definition) is 3. The van der Waals surface area contributed by atoms with Crippen LogP contribution in [0.3, 0.4) is 0 Å². The number of benzene rings is 1. The molecule has 1 heterocycles. The standard InChI is InChI=1S/C18H21N3O4S/c1-3-12(2)21(11-16(22)23)17(24)14-9-10-15(26-14)20-18(25)19-13-7-5-4-6-8-13/h4-10,12H,3,11H2,1-2H3,(H,22,23)(H2,19,20,25). The topological polar surface area (TPSA) is 98.7 Å². The van der Waals surface area contributed by atoms with Gasteiger partial charge in [0.25, 0.3) is 5.91 Å². The van der Waals surface area contributed by atoms with Gasteiger partial charge in [-0.05, 0) is 37.6 Å². The van der Waals surface area contributed by atoms with Crippen molar-refractivity contribution in [2.45, 2.75) is 26.3 Å². The van der Waals surface area contributed by atoms with Crippen molar-refractivity contribution in [2.75, 3.05) is 17.2 Å². The van der Waals surface area contributed by atoms with E-state index in [1.54, 1.807) is 31.2 Å². The number of rotatable bonds is 7. The molecule has 3 amide bonds. The number of anilines is 2. The minimum atomic E-state index is -1.06. The summed E-state index contributed by atoms with van der Waals surface area (Å²) in [6.07, 6.45) is 0.648. The SMILES string of the molecule is CCC(C)N(CC(=O)O)C(=O)c1ccc(NC(=O)Nc2ccccc2)s1. The molecule has 0 aliphatic carbocycles. The number of carboxylic acids is 1. The molecule has 0 bridgehead atoms. The lowest BCUT2D eigenvalue weighted by atomic mass is 10.2. The lowest BCUT2D eigenvalue weighted by Gasteiger charge is -2.26. The van der Waals surface area contributed by atoms with E-state index in [0.29, 0.717) is 22.0 Å². The number of nitrogens with one attached hydrogen (secondary N) is 2. The number of hydrogen-bond acceptors (Lipinski definition) is 4. The van der Waals surface area contributed by atoms with Crippen LogP contribution in [0, 0.1) is 0 Å². The second-order valence-electron chi connectivity index (χ2n) is 5.69. The van der Waals surface area contributed by atoms with E-state index in [1.807, 2.05) is 25.1 Å². The van der Waals surface area contributed by atoms with Crippen molar-refractivity contribution in [1.29, 1.82) is 0 Å². The summed E-state index contributed by atoms with van der Waals surface area (Å²) in [5, 5.41) is 14.9. The highest BCUT2D eigenvalue weighted by Crippen LogP contribution is 2.24. The van der Waals surface area contributed by atoms with Crippen LogP contribution in [-0.2, 0) is 4.79 Å². The molecule has 1 aromatic carbocycles. The van der Waals surface area contributed by atoms with Gasteiger partial charge in [-0.15, -0.1) is 11.3 Å². The molecule has 1 atom stereocenters. The minimum Gasteiger partial charge on any atom is -0.480 e. The number of nitrogens with zero attached hydrogens (tertiary/aromatic N) is 1. The Labute approximate surface area is 155 Å². The normalized spacial score (nSPS) is 11.5. The number of aliphatic carboxylic acids is 1. The summed E-state index contributed by atoms with van der Waals surface area (Å²) < 4.78 is 0. The fraction of sp³-hybridized carbons (Fsp3) is 0.278. The molecule has 7 nitrogen and oxygen atoms in total. The molecule has 3 N–H and O–H groups in total. The molecule has 138 valence electrons. The Morgan fingerprint density at radius 3 is 2.42 bits per heavy atom. The molecule has 1 aromatic heterocycles. The molecule has 0 spiro atoms. The average molecular weight is 375 g/mol.